The summed E-state index contributed by atoms with van der Waals surface area (Å²) in [6.45, 7) is 3.81. The van der Waals surface area contributed by atoms with Gasteiger partial charge >= 0.3 is 0 Å². The van der Waals surface area contributed by atoms with Crippen LogP contribution in [-0.2, 0) is 0 Å². The topological polar surface area (TPSA) is 76.0 Å². The Hall–Kier alpha value is -3.19. The molecule has 148 valence electrons. The van der Waals surface area contributed by atoms with Crippen LogP contribution in [0.25, 0.3) is 33.5 Å². The quantitative estimate of drug-likeness (QED) is 0.568. The van der Waals surface area contributed by atoms with Crippen LogP contribution in [0.3, 0.4) is 0 Å². The molecule has 29 heavy (non-hydrogen) atoms. The van der Waals surface area contributed by atoms with Crippen molar-refractivity contribution in [2.75, 3.05) is 26.2 Å². The lowest BCUT2D eigenvalue weighted by Gasteiger charge is -2.26. The van der Waals surface area contributed by atoms with Gasteiger partial charge in [0.15, 0.2) is 5.82 Å². The van der Waals surface area contributed by atoms with E-state index in [1.807, 2.05) is 47.2 Å². The lowest BCUT2D eigenvalue weighted by atomic mass is 10.1. The van der Waals surface area contributed by atoms with Crippen LogP contribution in [0.1, 0.15) is 19.3 Å². The summed E-state index contributed by atoms with van der Waals surface area (Å²) in [5.74, 6) is 0.736. The van der Waals surface area contributed by atoms with E-state index in [1.165, 1.54) is 25.5 Å². The Morgan fingerprint density at radius 1 is 1.03 bits per heavy atom. The van der Waals surface area contributed by atoms with Crippen LogP contribution >= 0.6 is 0 Å². The molecule has 1 saturated heterocycles. The maximum absolute atomic E-state index is 11.5. The van der Waals surface area contributed by atoms with E-state index in [2.05, 4.69) is 14.9 Å². The van der Waals surface area contributed by atoms with Crippen LogP contribution in [0, 0.1) is 0 Å². The molecule has 3 heterocycles. The molecule has 7 heteroatoms. The van der Waals surface area contributed by atoms with Crippen LogP contribution in [0.15, 0.2) is 53.5 Å². The number of aromatic amines is 1. The van der Waals surface area contributed by atoms with E-state index < -0.39 is 0 Å². The average Bonchev–Trinajstić information content (AvgIpc) is 3.13. The number of H-pyrrole nitrogens is 1. The molecule has 0 amide bonds. The van der Waals surface area contributed by atoms with Crippen molar-refractivity contribution in [2.24, 2.45) is 0 Å². The van der Waals surface area contributed by atoms with Gasteiger partial charge in [0.25, 0.3) is 5.56 Å². The maximum Gasteiger partial charge on any atom is 0.266 e. The second-order valence-corrected chi connectivity index (χ2v) is 7.43. The van der Waals surface area contributed by atoms with Crippen molar-refractivity contribution in [1.29, 1.82) is 0 Å². The summed E-state index contributed by atoms with van der Waals surface area (Å²) in [4.78, 5) is 32.0. The lowest BCUT2D eigenvalue weighted by molar-refractivity contribution is 0.0894. The van der Waals surface area contributed by atoms with E-state index in [-0.39, 0.29) is 5.56 Å². The number of piperidine rings is 1. The van der Waals surface area contributed by atoms with Crippen LogP contribution in [0.5, 0.6) is 0 Å². The van der Waals surface area contributed by atoms with Crippen molar-refractivity contribution >= 4 is 22.1 Å². The molecule has 0 bridgehead atoms. The maximum atomic E-state index is 11.5. The van der Waals surface area contributed by atoms with Crippen molar-refractivity contribution in [1.82, 2.24) is 24.6 Å². The number of imidazole rings is 1. The molecule has 0 unspecified atom stereocenters. The highest BCUT2D eigenvalue weighted by Gasteiger charge is 2.16. The van der Waals surface area contributed by atoms with E-state index in [0.29, 0.717) is 17.6 Å². The fourth-order valence-electron chi connectivity index (χ4n) is 3.94. The molecule has 0 saturated carbocycles. The van der Waals surface area contributed by atoms with Gasteiger partial charge in [0.2, 0.25) is 0 Å². The monoisotopic (exact) mass is 389 g/mol. The smallest absolute Gasteiger partial charge is 0.266 e. The van der Waals surface area contributed by atoms with Gasteiger partial charge in [-0.3, -0.25) is 9.69 Å². The van der Waals surface area contributed by atoms with Crippen molar-refractivity contribution in [2.45, 2.75) is 19.3 Å². The van der Waals surface area contributed by atoms with Gasteiger partial charge in [-0.1, -0.05) is 18.6 Å². The summed E-state index contributed by atoms with van der Waals surface area (Å²) >= 11 is 0. The number of para-hydroxylation sites is 2. The number of hydrogen-bond acceptors (Lipinski definition) is 5. The zero-order valence-electron chi connectivity index (χ0n) is 16.2. The molecule has 1 fully saturated rings. The first kappa shape index (κ1) is 17.9. The third kappa shape index (κ3) is 3.61. The van der Waals surface area contributed by atoms with E-state index in [9.17, 15) is 4.79 Å². The van der Waals surface area contributed by atoms with Gasteiger partial charge in [-0.05, 0) is 56.3 Å². The highest BCUT2D eigenvalue weighted by atomic mass is 16.7. The lowest BCUT2D eigenvalue weighted by Crippen LogP contribution is -2.34. The number of nitrogens with one attached hydrogen (secondary N) is 1. The zero-order valence-corrected chi connectivity index (χ0v) is 16.2. The molecule has 2 aromatic heterocycles. The summed E-state index contributed by atoms with van der Waals surface area (Å²) in [6, 6.07) is 13.7. The van der Waals surface area contributed by atoms with Crippen molar-refractivity contribution in [3.8, 4) is 11.4 Å². The second-order valence-electron chi connectivity index (χ2n) is 7.43. The van der Waals surface area contributed by atoms with Crippen LogP contribution in [0.4, 0.5) is 0 Å². The molecular weight excluding hydrogens is 366 g/mol. The standard InChI is InChI=1S/C22H23N5O2/c28-21-15-23-19-14-16(8-9-17(19)24-21)22-25-18-6-2-3-7-20(18)27(22)29-13-12-26-10-4-1-5-11-26/h2-3,6-9,14-15H,1,4-5,10-13H2,(H,24,28). The molecular formula is C22H23N5O2. The third-order valence-electron chi connectivity index (χ3n) is 5.43. The van der Waals surface area contributed by atoms with Crippen molar-refractivity contribution in [3.05, 3.63) is 59.0 Å². The fraction of sp³-hybridized carbons (Fsp3) is 0.318. The Kier molecular flexibility index (Phi) is 4.73. The Morgan fingerprint density at radius 2 is 1.90 bits per heavy atom. The number of benzene rings is 2. The first-order valence-electron chi connectivity index (χ1n) is 10.1. The van der Waals surface area contributed by atoms with Gasteiger partial charge in [-0.25, -0.2) is 9.97 Å². The highest BCUT2D eigenvalue weighted by Crippen LogP contribution is 2.25. The SMILES string of the molecule is O=c1cnc2cc(-c3nc4ccccc4n3OCCN3CCCCC3)ccc2[nH]1. The molecule has 1 N–H and O–H groups in total. The number of aromatic nitrogens is 4. The van der Waals surface area contributed by atoms with Crippen LogP contribution in [-0.4, -0.2) is 50.8 Å². The number of fused-ring (bicyclic) bond motifs is 2. The number of rotatable bonds is 5. The molecule has 4 aromatic rings. The first-order valence-corrected chi connectivity index (χ1v) is 10.1. The number of likely N-dealkylation sites (tertiary alicyclic amines) is 1. The molecule has 0 atom stereocenters. The minimum absolute atomic E-state index is 0.210. The second kappa shape index (κ2) is 7.67. The van der Waals surface area contributed by atoms with Gasteiger partial charge in [0, 0.05) is 12.1 Å². The summed E-state index contributed by atoms with van der Waals surface area (Å²) < 4.78 is 1.83. The zero-order chi connectivity index (χ0) is 19.6. The molecule has 0 aliphatic carbocycles. The average molecular weight is 389 g/mol. The first-order chi connectivity index (χ1) is 14.3. The Labute approximate surface area is 167 Å². The molecule has 5 rings (SSSR count). The Balaban J connectivity index is 1.48. The predicted molar refractivity (Wildman–Crippen MR) is 113 cm³/mol. The van der Waals surface area contributed by atoms with Crippen LogP contribution in [0.2, 0.25) is 0 Å². The summed E-state index contributed by atoms with van der Waals surface area (Å²) in [7, 11) is 0. The van der Waals surface area contributed by atoms with E-state index in [4.69, 9.17) is 9.82 Å². The number of hydrogen-bond donors (Lipinski definition) is 1. The summed E-state index contributed by atoms with van der Waals surface area (Å²) in [6.07, 6.45) is 5.16. The molecule has 2 aromatic carbocycles. The van der Waals surface area contributed by atoms with E-state index in [1.54, 1.807) is 0 Å². The van der Waals surface area contributed by atoms with Crippen LogP contribution < -0.4 is 10.4 Å². The Morgan fingerprint density at radius 3 is 2.79 bits per heavy atom. The van der Waals surface area contributed by atoms with E-state index >= 15 is 0 Å². The fourth-order valence-corrected chi connectivity index (χ4v) is 3.94. The van der Waals surface area contributed by atoms with Crippen molar-refractivity contribution < 1.29 is 4.84 Å². The largest absolute Gasteiger partial charge is 0.410 e. The molecule has 1 aliphatic rings. The number of nitrogens with zero attached hydrogens (tertiary/aromatic N) is 4. The van der Waals surface area contributed by atoms with Crippen molar-refractivity contribution in [3.63, 3.8) is 0 Å². The molecule has 0 radical (unpaired) electrons. The molecule has 0 spiro atoms. The normalized spacial score (nSPS) is 15.2. The predicted octanol–water partition coefficient (Wildman–Crippen LogP) is 2.85. The van der Waals surface area contributed by atoms with Gasteiger partial charge in [0.1, 0.15) is 12.1 Å². The minimum atomic E-state index is -0.210. The van der Waals surface area contributed by atoms with Gasteiger partial charge in [0.05, 0.1) is 22.7 Å². The molecule has 7 nitrogen and oxygen atoms in total. The molecule has 1 aliphatic heterocycles. The Bertz CT molecular complexity index is 1210. The van der Waals surface area contributed by atoms with E-state index in [0.717, 1.165) is 42.1 Å². The summed E-state index contributed by atoms with van der Waals surface area (Å²) in [5, 5.41) is 0. The summed E-state index contributed by atoms with van der Waals surface area (Å²) in [5.41, 5.74) is 3.93. The van der Waals surface area contributed by atoms with Gasteiger partial charge < -0.3 is 9.82 Å². The van der Waals surface area contributed by atoms with Gasteiger partial charge in [-0.15, -0.1) is 0 Å². The van der Waals surface area contributed by atoms with Gasteiger partial charge in [-0.2, -0.15) is 4.73 Å². The minimum Gasteiger partial charge on any atom is -0.410 e. The third-order valence-corrected chi connectivity index (χ3v) is 5.43. The highest BCUT2D eigenvalue weighted by molar-refractivity contribution is 5.84.